The van der Waals surface area contributed by atoms with Gasteiger partial charge in [0, 0.05) is 11.9 Å². The Kier molecular flexibility index (Phi) is 3.48. The molecule has 0 saturated carbocycles. The van der Waals surface area contributed by atoms with Gasteiger partial charge in [0.2, 0.25) is 5.89 Å². The number of benzene rings is 1. The van der Waals surface area contributed by atoms with Crippen LogP contribution in [0.5, 0.6) is 0 Å². The zero-order valence-electron chi connectivity index (χ0n) is 9.68. The van der Waals surface area contributed by atoms with Crippen molar-refractivity contribution >= 4 is 29.2 Å². The Morgan fingerprint density at radius 2 is 2.16 bits per heavy atom. The first kappa shape index (κ1) is 13.0. The first-order valence-corrected chi connectivity index (χ1v) is 5.49. The Morgan fingerprint density at radius 1 is 1.42 bits per heavy atom. The fourth-order valence-electron chi connectivity index (χ4n) is 1.37. The summed E-state index contributed by atoms with van der Waals surface area (Å²) in [6, 6.07) is 4.09. The average Bonchev–Trinajstić information content (AvgIpc) is 2.78. The minimum absolute atomic E-state index is 0.101. The number of amides is 1. The van der Waals surface area contributed by atoms with Crippen molar-refractivity contribution in [2.24, 2.45) is 0 Å². The van der Waals surface area contributed by atoms with Gasteiger partial charge in [0.1, 0.15) is 0 Å². The van der Waals surface area contributed by atoms with E-state index >= 15 is 0 Å². The Labute approximate surface area is 112 Å². The summed E-state index contributed by atoms with van der Waals surface area (Å²) in [5.41, 5.74) is -0.0228. The van der Waals surface area contributed by atoms with Crippen LogP contribution in [0.4, 0.5) is 5.69 Å². The van der Waals surface area contributed by atoms with Crippen molar-refractivity contribution in [2.45, 2.75) is 6.92 Å². The summed E-state index contributed by atoms with van der Waals surface area (Å²) in [7, 11) is 0. The van der Waals surface area contributed by atoms with Gasteiger partial charge in [0.05, 0.1) is 11.3 Å². The van der Waals surface area contributed by atoms with Crippen molar-refractivity contribution in [3.8, 4) is 0 Å². The standard InChI is InChI=1S/C11H8ClN3O4/c1-5-13-9(15-19-5)10(16)14-8-3-2-6(12)4-7(8)11(17)18/h2-4H,1H3,(H,14,16)(H,17,18). The molecule has 2 rings (SSSR count). The van der Waals surface area contributed by atoms with Crippen LogP contribution in [0.1, 0.15) is 26.9 Å². The molecule has 8 heteroatoms. The predicted molar refractivity (Wildman–Crippen MR) is 65.4 cm³/mol. The van der Waals surface area contributed by atoms with E-state index in [2.05, 4.69) is 20.0 Å². The molecule has 1 heterocycles. The van der Waals surface area contributed by atoms with Crippen molar-refractivity contribution in [1.29, 1.82) is 0 Å². The van der Waals surface area contributed by atoms with E-state index < -0.39 is 11.9 Å². The SMILES string of the molecule is Cc1nc(C(=O)Nc2ccc(Cl)cc2C(=O)O)no1. The van der Waals surface area contributed by atoms with Gasteiger partial charge in [-0.25, -0.2) is 4.79 Å². The van der Waals surface area contributed by atoms with Crippen LogP contribution in [0.25, 0.3) is 0 Å². The maximum Gasteiger partial charge on any atom is 0.337 e. The Balaban J connectivity index is 2.28. The number of rotatable bonds is 3. The number of hydrogen-bond acceptors (Lipinski definition) is 5. The molecule has 1 amide bonds. The highest BCUT2D eigenvalue weighted by Gasteiger charge is 2.17. The summed E-state index contributed by atoms with van der Waals surface area (Å²) >= 11 is 5.70. The second kappa shape index (κ2) is 5.07. The lowest BCUT2D eigenvalue weighted by atomic mass is 10.2. The monoisotopic (exact) mass is 281 g/mol. The van der Waals surface area contributed by atoms with E-state index in [1.165, 1.54) is 25.1 Å². The highest BCUT2D eigenvalue weighted by molar-refractivity contribution is 6.31. The molecule has 0 aliphatic heterocycles. The Bertz CT molecular complexity index is 653. The number of carboxylic acids is 1. The van der Waals surface area contributed by atoms with Gasteiger partial charge < -0.3 is 14.9 Å². The van der Waals surface area contributed by atoms with Crippen LogP contribution in [0, 0.1) is 6.92 Å². The van der Waals surface area contributed by atoms with Crippen molar-refractivity contribution in [2.75, 3.05) is 5.32 Å². The molecule has 2 N–H and O–H groups in total. The molecule has 0 atom stereocenters. The number of aromatic nitrogens is 2. The number of aromatic carboxylic acids is 1. The first-order valence-electron chi connectivity index (χ1n) is 5.12. The van der Waals surface area contributed by atoms with Gasteiger partial charge in [-0.1, -0.05) is 16.8 Å². The van der Waals surface area contributed by atoms with E-state index in [1.807, 2.05) is 0 Å². The quantitative estimate of drug-likeness (QED) is 0.891. The molecule has 0 radical (unpaired) electrons. The Hall–Kier alpha value is -2.41. The molecular formula is C11H8ClN3O4. The molecule has 1 aromatic heterocycles. The summed E-state index contributed by atoms with van der Waals surface area (Å²) < 4.78 is 4.66. The number of nitrogens with one attached hydrogen (secondary N) is 1. The van der Waals surface area contributed by atoms with Crippen molar-refractivity contribution < 1.29 is 19.2 Å². The predicted octanol–water partition coefficient (Wildman–Crippen LogP) is 1.98. The van der Waals surface area contributed by atoms with Crippen LogP contribution in [-0.4, -0.2) is 27.1 Å². The molecule has 98 valence electrons. The molecule has 0 saturated heterocycles. The molecule has 2 aromatic rings. The van der Waals surface area contributed by atoms with Crippen molar-refractivity contribution in [3.05, 3.63) is 40.5 Å². The fraction of sp³-hybridized carbons (Fsp3) is 0.0909. The normalized spacial score (nSPS) is 10.2. The van der Waals surface area contributed by atoms with Crippen LogP contribution < -0.4 is 5.32 Å². The number of aryl methyl sites for hydroxylation is 1. The maximum atomic E-state index is 11.8. The summed E-state index contributed by atoms with van der Waals surface area (Å²) in [5, 5.41) is 15.1. The molecule has 0 fully saturated rings. The first-order chi connectivity index (χ1) is 8.97. The molecule has 0 aliphatic rings. The summed E-state index contributed by atoms with van der Waals surface area (Å²) in [6.45, 7) is 1.54. The molecular weight excluding hydrogens is 274 g/mol. The third kappa shape index (κ3) is 2.89. The minimum atomic E-state index is -1.21. The van der Waals surface area contributed by atoms with E-state index in [9.17, 15) is 9.59 Å². The van der Waals surface area contributed by atoms with Crippen molar-refractivity contribution in [1.82, 2.24) is 10.1 Å². The molecule has 7 nitrogen and oxygen atoms in total. The van der Waals surface area contributed by atoms with Crippen LogP contribution in [-0.2, 0) is 0 Å². The second-order valence-electron chi connectivity index (χ2n) is 3.59. The van der Waals surface area contributed by atoms with E-state index in [1.54, 1.807) is 0 Å². The van der Waals surface area contributed by atoms with Gasteiger partial charge in [-0.05, 0) is 18.2 Å². The number of carbonyl (C=O) groups excluding carboxylic acids is 1. The molecule has 0 spiro atoms. The molecule has 0 unspecified atom stereocenters. The fourth-order valence-corrected chi connectivity index (χ4v) is 1.54. The zero-order chi connectivity index (χ0) is 14.0. The van der Waals surface area contributed by atoms with Gasteiger partial charge in [-0.2, -0.15) is 4.98 Å². The lowest BCUT2D eigenvalue weighted by Gasteiger charge is -2.06. The summed E-state index contributed by atoms with van der Waals surface area (Å²) in [6.07, 6.45) is 0. The number of nitrogens with zero attached hydrogens (tertiary/aromatic N) is 2. The van der Waals surface area contributed by atoms with Crippen molar-refractivity contribution in [3.63, 3.8) is 0 Å². The molecule has 0 bridgehead atoms. The molecule has 1 aromatic carbocycles. The minimum Gasteiger partial charge on any atom is -0.478 e. The van der Waals surface area contributed by atoms with Crippen LogP contribution in [0.3, 0.4) is 0 Å². The van der Waals surface area contributed by atoms with Crippen LogP contribution in [0.15, 0.2) is 22.7 Å². The van der Waals surface area contributed by atoms with E-state index in [4.69, 9.17) is 16.7 Å². The highest BCUT2D eigenvalue weighted by Crippen LogP contribution is 2.21. The Morgan fingerprint density at radius 3 is 2.74 bits per heavy atom. The number of halogens is 1. The summed E-state index contributed by atoms with van der Waals surface area (Å²) in [4.78, 5) is 26.5. The highest BCUT2D eigenvalue weighted by atomic mass is 35.5. The third-order valence-corrected chi connectivity index (χ3v) is 2.43. The lowest BCUT2D eigenvalue weighted by Crippen LogP contribution is -2.16. The topological polar surface area (TPSA) is 105 Å². The molecule has 0 aliphatic carbocycles. The maximum absolute atomic E-state index is 11.8. The van der Waals surface area contributed by atoms with Crippen LogP contribution >= 0.6 is 11.6 Å². The van der Waals surface area contributed by atoms with E-state index in [-0.39, 0.29) is 28.0 Å². The zero-order valence-corrected chi connectivity index (χ0v) is 10.4. The smallest absolute Gasteiger partial charge is 0.337 e. The number of anilines is 1. The van der Waals surface area contributed by atoms with Gasteiger partial charge in [-0.15, -0.1) is 0 Å². The van der Waals surface area contributed by atoms with E-state index in [0.717, 1.165) is 0 Å². The van der Waals surface area contributed by atoms with E-state index in [0.29, 0.717) is 0 Å². The number of hydrogen-bond donors (Lipinski definition) is 2. The largest absolute Gasteiger partial charge is 0.478 e. The second-order valence-corrected chi connectivity index (χ2v) is 4.02. The van der Waals surface area contributed by atoms with Gasteiger partial charge in [0.25, 0.3) is 11.7 Å². The molecule has 19 heavy (non-hydrogen) atoms. The van der Waals surface area contributed by atoms with Gasteiger partial charge in [0.15, 0.2) is 0 Å². The van der Waals surface area contributed by atoms with Gasteiger partial charge in [-0.3, -0.25) is 4.79 Å². The average molecular weight is 282 g/mol. The number of carboxylic acid groups (broad SMARTS) is 1. The third-order valence-electron chi connectivity index (χ3n) is 2.19. The summed E-state index contributed by atoms with van der Waals surface area (Å²) in [5.74, 6) is -1.81. The van der Waals surface area contributed by atoms with Crippen LogP contribution in [0.2, 0.25) is 5.02 Å². The number of carbonyl (C=O) groups is 2. The van der Waals surface area contributed by atoms with Gasteiger partial charge >= 0.3 is 5.97 Å². The lowest BCUT2D eigenvalue weighted by molar-refractivity contribution is 0.0698.